The highest BCUT2D eigenvalue weighted by Crippen LogP contribution is 2.50. The lowest BCUT2D eigenvalue weighted by atomic mass is 9.76. The van der Waals surface area contributed by atoms with E-state index >= 15 is 0 Å². The van der Waals surface area contributed by atoms with E-state index in [1.807, 2.05) is 25.1 Å². The van der Waals surface area contributed by atoms with E-state index in [0.29, 0.717) is 24.0 Å². The molecule has 5 rings (SSSR count). The van der Waals surface area contributed by atoms with Gasteiger partial charge in [0.15, 0.2) is 0 Å². The Kier molecular flexibility index (Phi) is 4.16. The van der Waals surface area contributed by atoms with E-state index in [1.54, 1.807) is 0 Å². The molecule has 0 spiro atoms. The summed E-state index contributed by atoms with van der Waals surface area (Å²) < 4.78 is 5.19. The van der Waals surface area contributed by atoms with Crippen LogP contribution in [0.1, 0.15) is 46.8 Å². The van der Waals surface area contributed by atoms with Gasteiger partial charge in [0.1, 0.15) is 0 Å². The van der Waals surface area contributed by atoms with E-state index in [0.717, 1.165) is 12.1 Å². The summed E-state index contributed by atoms with van der Waals surface area (Å²) in [5, 5.41) is 6.36. The number of ether oxygens (including phenoxy) is 1. The highest BCUT2D eigenvalue weighted by Gasteiger charge is 2.38. The Bertz CT molecular complexity index is 1080. The number of anilines is 1. The molecule has 3 aromatic rings. The highest BCUT2D eigenvalue weighted by molar-refractivity contribution is 5.91. The molecule has 3 heteroatoms. The van der Waals surface area contributed by atoms with Gasteiger partial charge in [-0.05, 0) is 59.4 Å². The Morgan fingerprint density at radius 2 is 1.93 bits per heavy atom. The Morgan fingerprint density at radius 3 is 2.82 bits per heavy atom. The van der Waals surface area contributed by atoms with Crippen LogP contribution in [0.3, 0.4) is 0 Å². The summed E-state index contributed by atoms with van der Waals surface area (Å²) >= 11 is 0. The minimum Gasteiger partial charge on any atom is -0.462 e. The van der Waals surface area contributed by atoms with Crippen molar-refractivity contribution in [2.75, 3.05) is 11.9 Å². The summed E-state index contributed by atoms with van der Waals surface area (Å²) in [6.07, 6.45) is 5.62. The lowest BCUT2D eigenvalue weighted by molar-refractivity contribution is 0.0526. The van der Waals surface area contributed by atoms with Crippen LogP contribution in [0, 0.1) is 5.92 Å². The van der Waals surface area contributed by atoms with Crippen LogP contribution in [-0.4, -0.2) is 12.6 Å². The monoisotopic (exact) mass is 369 g/mol. The molecule has 0 fully saturated rings. The van der Waals surface area contributed by atoms with Crippen molar-refractivity contribution < 1.29 is 9.53 Å². The van der Waals surface area contributed by atoms with Crippen molar-refractivity contribution in [3.05, 3.63) is 89.5 Å². The van der Waals surface area contributed by atoms with Crippen molar-refractivity contribution in [3.63, 3.8) is 0 Å². The smallest absolute Gasteiger partial charge is 0.338 e. The van der Waals surface area contributed by atoms with Crippen LogP contribution < -0.4 is 5.32 Å². The molecule has 1 heterocycles. The molecule has 0 saturated heterocycles. The molecular weight excluding hydrogens is 346 g/mol. The van der Waals surface area contributed by atoms with Gasteiger partial charge in [-0.1, -0.05) is 54.6 Å². The largest absolute Gasteiger partial charge is 0.462 e. The van der Waals surface area contributed by atoms with Gasteiger partial charge in [-0.2, -0.15) is 0 Å². The quantitative estimate of drug-likeness (QED) is 0.465. The second-order valence-corrected chi connectivity index (χ2v) is 7.57. The molecule has 0 radical (unpaired) electrons. The first-order valence-electron chi connectivity index (χ1n) is 9.98. The average molecular weight is 369 g/mol. The third-order valence-electron chi connectivity index (χ3n) is 6.03. The van der Waals surface area contributed by atoms with Crippen LogP contribution >= 0.6 is 0 Å². The number of fused-ring (bicyclic) bond motifs is 4. The average Bonchev–Trinajstić information content (AvgIpc) is 3.23. The molecule has 0 aromatic heterocycles. The zero-order valence-electron chi connectivity index (χ0n) is 15.9. The molecule has 0 bridgehead atoms. The minimum absolute atomic E-state index is 0.243. The summed E-state index contributed by atoms with van der Waals surface area (Å²) in [6, 6.07) is 21.3. The Hall–Kier alpha value is -3.07. The van der Waals surface area contributed by atoms with Crippen molar-refractivity contribution >= 4 is 22.4 Å². The normalized spacial score (nSPS) is 22.4. The fraction of sp³-hybridized carbons (Fsp3) is 0.240. The lowest BCUT2D eigenvalue weighted by Gasteiger charge is -2.38. The topological polar surface area (TPSA) is 38.3 Å². The third kappa shape index (κ3) is 2.70. The number of hydrogen-bond acceptors (Lipinski definition) is 3. The van der Waals surface area contributed by atoms with E-state index in [1.165, 1.54) is 21.9 Å². The molecule has 3 aromatic carbocycles. The maximum absolute atomic E-state index is 12.2. The van der Waals surface area contributed by atoms with Gasteiger partial charge < -0.3 is 10.1 Å². The molecular formula is C25H23NO2. The Labute approximate surface area is 165 Å². The molecule has 3 atom stereocenters. The third-order valence-corrected chi connectivity index (χ3v) is 6.03. The molecule has 0 amide bonds. The van der Waals surface area contributed by atoms with E-state index in [2.05, 4.69) is 59.9 Å². The lowest BCUT2D eigenvalue weighted by Crippen LogP contribution is -2.29. The number of nitrogens with one attached hydrogen (secondary N) is 1. The van der Waals surface area contributed by atoms with Crippen LogP contribution in [0.4, 0.5) is 5.69 Å². The highest BCUT2D eigenvalue weighted by atomic mass is 16.5. The molecule has 1 N–H and O–H groups in total. The molecule has 28 heavy (non-hydrogen) atoms. The van der Waals surface area contributed by atoms with Gasteiger partial charge in [-0.3, -0.25) is 0 Å². The maximum atomic E-state index is 12.2. The first kappa shape index (κ1) is 17.1. The number of benzene rings is 3. The maximum Gasteiger partial charge on any atom is 0.338 e. The molecule has 1 aliphatic carbocycles. The first-order valence-corrected chi connectivity index (χ1v) is 9.98. The van der Waals surface area contributed by atoms with Gasteiger partial charge in [0, 0.05) is 11.6 Å². The predicted molar refractivity (Wildman–Crippen MR) is 113 cm³/mol. The van der Waals surface area contributed by atoms with E-state index in [-0.39, 0.29) is 12.0 Å². The zero-order chi connectivity index (χ0) is 19.1. The zero-order valence-corrected chi connectivity index (χ0v) is 15.9. The van der Waals surface area contributed by atoms with E-state index in [4.69, 9.17) is 4.74 Å². The number of hydrogen-bond donors (Lipinski definition) is 1. The van der Waals surface area contributed by atoms with E-state index < -0.39 is 0 Å². The van der Waals surface area contributed by atoms with Gasteiger partial charge in [-0.15, -0.1) is 0 Å². The van der Waals surface area contributed by atoms with Crippen molar-refractivity contribution in [3.8, 4) is 0 Å². The fourth-order valence-corrected chi connectivity index (χ4v) is 4.77. The van der Waals surface area contributed by atoms with Crippen molar-refractivity contribution in [1.29, 1.82) is 0 Å². The minimum atomic E-state index is -0.250. The molecule has 0 saturated carbocycles. The summed E-state index contributed by atoms with van der Waals surface area (Å²) in [7, 11) is 0. The van der Waals surface area contributed by atoms with E-state index in [9.17, 15) is 4.79 Å². The summed E-state index contributed by atoms with van der Waals surface area (Å²) in [5.41, 5.74) is 4.28. The van der Waals surface area contributed by atoms with Crippen molar-refractivity contribution in [2.24, 2.45) is 5.92 Å². The first-order chi connectivity index (χ1) is 13.8. The summed E-state index contributed by atoms with van der Waals surface area (Å²) in [4.78, 5) is 12.2. The summed E-state index contributed by atoms with van der Waals surface area (Å²) in [5.74, 6) is 0.505. The van der Waals surface area contributed by atoms with Gasteiger partial charge in [0.25, 0.3) is 0 Å². The Morgan fingerprint density at radius 1 is 1.07 bits per heavy atom. The SMILES string of the molecule is CCOC(=O)c1ccc2c(c1)[C@@H]1C=CC[C@@H]1[C@H](c1cccc3ccccc13)N2. The Balaban J connectivity index is 1.59. The predicted octanol–water partition coefficient (Wildman–Crippen LogP) is 5.84. The standard InChI is InChI=1S/C25H23NO2/c1-2-28-25(27)17-13-14-23-22(15-17)19-10-6-12-21(19)24(26-23)20-11-5-8-16-7-3-4-9-18(16)20/h3-11,13-15,19,21,24,26H,2,12H2,1H3/t19-,21+,24+/m1/s1. The number of carbonyl (C=O) groups is 1. The second kappa shape index (κ2) is 6.83. The van der Waals surface area contributed by atoms with Crippen LogP contribution in [0.5, 0.6) is 0 Å². The second-order valence-electron chi connectivity index (χ2n) is 7.57. The molecule has 2 aliphatic rings. The number of allylic oxidation sites excluding steroid dienone is 2. The molecule has 140 valence electrons. The van der Waals surface area contributed by atoms with Crippen LogP contribution in [0.25, 0.3) is 10.8 Å². The van der Waals surface area contributed by atoms with Gasteiger partial charge in [0.05, 0.1) is 18.2 Å². The van der Waals surface area contributed by atoms with Crippen molar-refractivity contribution in [2.45, 2.75) is 25.3 Å². The van der Waals surface area contributed by atoms with Crippen LogP contribution in [-0.2, 0) is 4.74 Å². The molecule has 0 unspecified atom stereocenters. The van der Waals surface area contributed by atoms with Gasteiger partial charge in [0.2, 0.25) is 0 Å². The molecule has 3 nitrogen and oxygen atoms in total. The van der Waals surface area contributed by atoms with Crippen molar-refractivity contribution in [1.82, 2.24) is 0 Å². The summed E-state index contributed by atoms with van der Waals surface area (Å²) in [6.45, 7) is 2.23. The molecule has 1 aliphatic heterocycles. The van der Waals surface area contributed by atoms with Gasteiger partial charge >= 0.3 is 5.97 Å². The number of esters is 1. The number of carbonyl (C=O) groups excluding carboxylic acids is 1. The fourth-order valence-electron chi connectivity index (χ4n) is 4.77. The van der Waals surface area contributed by atoms with Crippen LogP contribution in [0.2, 0.25) is 0 Å². The number of rotatable bonds is 3. The van der Waals surface area contributed by atoms with Crippen LogP contribution in [0.15, 0.2) is 72.8 Å². The van der Waals surface area contributed by atoms with Gasteiger partial charge in [-0.25, -0.2) is 4.79 Å².